The minimum absolute atomic E-state index is 0.191. The maximum absolute atomic E-state index is 12.8. The molecule has 0 radical (unpaired) electrons. The van der Waals surface area contributed by atoms with Crippen LogP contribution in [-0.4, -0.2) is 42.3 Å². The monoisotopic (exact) mass is 404 g/mol. The molecule has 1 fully saturated rings. The molecule has 154 valence electrons. The second-order valence-electron chi connectivity index (χ2n) is 7.16. The van der Waals surface area contributed by atoms with Crippen molar-refractivity contribution in [1.82, 2.24) is 4.98 Å². The van der Waals surface area contributed by atoms with Crippen LogP contribution in [0.25, 0.3) is 0 Å². The Balaban J connectivity index is 1.49. The number of pyridine rings is 1. The fourth-order valence-corrected chi connectivity index (χ4v) is 3.30. The largest absolute Gasteiger partial charge is 0.508 e. The molecule has 0 unspecified atom stereocenters. The van der Waals surface area contributed by atoms with E-state index in [1.165, 1.54) is 0 Å². The van der Waals surface area contributed by atoms with Crippen molar-refractivity contribution in [3.63, 3.8) is 0 Å². The highest BCUT2D eigenvalue weighted by molar-refractivity contribution is 6.05. The Labute approximate surface area is 175 Å². The molecule has 3 aromatic rings. The first kappa shape index (κ1) is 19.7. The topological polar surface area (TPSA) is 86.7 Å². The van der Waals surface area contributed by atoms with Gasteiger partial charge in [-0.3, -0.25) is 4.79 Å². The number of hydrogen-bond acceptors (Lipinski definition) is 6. The van der Waals surface area contributed by atoms with Crippen LogP contribution in [0, 0.1) is 6.92 Å². The lowest BCUT2D eigenvalue weighted by Crippen LogP contribution is -2.36. The van der Waals surface area contributed by atoms with Crippen molar-refractivity contribution >= 4 is 28.8 Å². The normalized spacial score (nSPS) is 13.7. The van der Waals surface area contributed by atoms with Crippen LogP contribution in [0.5, 0.6) is 5.75 Å². The van der Waals surface area contributed by atoms with Gasteiger partial charge in [-0.25, -0.2) is 4.98 Å². The summed E-state index contributed by atoms with van der Waals surface area (Å²) in [6.45, 7) is 4.83. The second-order valence-corrected chi connectivity index (χ2v) is 7.16. The molecule has 0 spiro atoms. The molecule has 0 saturated carbocycles. The van der Waals surface area contributed by atoms with Crippen LogP contribution in [0.15, 0.2) is 60.8 Å². The number of nitrogens with zero attached hydrogens (tertiary/aromatic N) is 2. The first-order valence-electron chi connectivity index (χ1n) is 9.85. The Hall–Kier alpha value is -3.58. The molecule has 2 heterocycles. The summed E-state index contributed by atoms with van der Waals surface area (Å²) in [5, 5.41) is 15.9. The Kier molecular flexibility index (Phi) is 5.81. The molecule has 4 rings (SSSR count). The number of ether oxygens (including phenoxy) is 1. The first-order chi connectivity index (χ1) is 14.6. The number of aromatic nitrogens is 1. The van der Waals surface area contributed by atoms with Crippen molar-refractivity contribution < 1.29 is 14.6 Å². The number of hydrogen-bond donors (Lipinski definition) is 3. The number of benzene rings is 2. The summed E-state index contributed by atoms with van der Waals surface area (Å²) in [6.07, 6.45) is 1.66. The quantitative estimate of drug-likeness (QED) is 0.597. The molecule has 1 amide bonds. The van der Waals surface area contributed by atoms with Gasteiger partial charge in [0.05, 0.1) is 13.2 Å². The number of carbonyl (C=O) groups excluding carboxylic acids is 1. The molecule has 3 N–H and O–H groups in total. The minimum atomic E-state index is -0.195. The van der Waals surface area contributed by atoms with E-state index in [0.717, 1.165) is 35.8 Å². The molecule has 1 aromatic heterocycles. The van der Waals surface area contributed by atoms with Crippen LogP contribution >= 0.6 is 0 Å². The van der Waals surface area contributed by atoms with E-state index in [4.69, 9.17) is 4.74 Å². The van der Waals surface area contributed by atoms with E-state index < -0.39 is 0 Å². The molecule has 1 saturated heterocycles. The van der Waals surface area contributed by atoms with Crippen molar-refractivity contribution in [1.29, 1.82) is 0 Å². The number of rotatable bonds is 5. The van der Waals surface area contributed by atoms with Crippen LogP contribution < -0.4 is 15.5 Å². The lowest BCUT2D eigenvalue weighted by atomic mass is 10.1. The summed E-state index contributed by atoms with van der Waals surface area (Å²) in [7, 11) is 0. The summed E-state index contributed by atoms with van der Waals surface area (Å²) in [5.41, 5.74) is 3.87. The summed E-state index contributed by atoms with van der Waals surface area (Å²) < 4.78 is 5.38. The van der Waals surface area contributed by atoms with Gasteiger partial charge in [0.15, 0.2) is 0 Å². The van der Waals surface area contributed by atoms with E-state index in [1.54, 1.807) is 36.5 Å². The van der Waals surface area contributed by atoms with Crippen molar-refractivity contribution in [2.24, 2.45) is 0 Å². The number of phenols is 1. The number of amides is 1. The SMILES string of the molecule is Cc1ccc(NC(=O)c2ccnc(N3CCOCC3)c2)cc1Nc1cccc(O)c1. The van der Waals surface area contributed by atoms with Crippen molar-refractivity contribution in [3.05, 3.63) is 71.9 Å². The van der Waals surface area contributed by atoms with Crippen LogP contribution in [0.2, 0.25) is 0 Å². The molecule has 2 aromatic carbocycles. The highest BCUT2D eigenvalue weighted by atomic mass is 16.5. The molecule has 7 nitrogen and oxygen atoms in total. The molecule has 7 heteroatoms. The van der Waals surface area contributed by atoms with E-state index in [1.807, 2.05) is 31.2 Å². The molecule has 1 aliphatic rings. The Morgan fingerprint density at radius 3 is 2.70 bits per heavy atom. The number of morpholine rings is 1. The van der Waals surface area contributed by atoms with Gasteiger partial charge in [0.1, 0.15) is 11.6 Å². The zero-order valence-electron chi connectivity index (χ0n) is 16.8. The van der Waals surface area contributed by atoms with Gasteiger partial charge in [0.2, 0.25) is 0 Å². The van der Waals surface area contributed by atoms with Crippen molar-refractivity contribution in [2.75, 3.05) is 41.8 Å². The first-order valence-corrected chi connectivity index (χ1v) is 9.85. The number of nitrogens with one attached hydrogen (secondary N) is 2. The molecular weight excluding hydrogens is 380 g/mol. The van der Waals surface area contributed by atoms with Crippen molar-refractivity contribution in [2.45, 2.75) is 6.92 Å². The molecule has 30 heavy (non-hydrogen) atoms. The van der Waals surface area contributed by atoms with E-state index >= 15 is 0 Å². The van der Waals surface area contributed by atoms with Gasteiger partial charge in [-0.1, -0.05) is 12.1 Å². The maximum atomic E-state index is 12.8. The third-order valence-electron chi connectivity index (χ3n) is 4.96. The van der Waals surface area contributed by atoms with Crippen LogP contribution in [-0.2, 0) is 4.74 Å². The number of aryl methyl sites for hydroxylation is 1. The van der Waals surface area contributed by atoms with E-state index in [0.29, 0.717) is 24.5 Å². The third-order valence-corrected chi connectivity index (χ3v) is 4.96. The predicted molar refractivity (Wildman–Crippen MR) is 118 cm³/mol. The molecule has 1 aliphatic heterocycles. The second kappa shape index (κ2) is 8.84. The smallest absolute Gasteiger partial charge is 0.255 e. The Morgan fingerprint density at radius 2 is 1.90 bits per heavy atom. The van der Waals surface area contributed by atoms with E-state index in [2.05, 4.69) is 20.5 Å². The number of anilines is 4. The van der Waals surface area contributed by atoms with Gasteiger partial charge in [-0.2, -0.15) is 0 Å². The van der Waals surface area contributed by atoms with Gasteiger partial charge in [0.25, 0.3) is 5.91 Å². The predicted octanol–water partition coefficient (Wildman–Crippen LogP) is 3.93. The van der Waals surface area contributed by atoms with Crippen LogP contribution in [0.4, 0.5) is 22.9 Å². The number of phenolic OH excluding ortho intramolecular Hbond substituents is 1. The van der Waals surface area contributed by atoms with E-state index in [-0.39, 0.29) is 11.7 Å². The highest BCUT2D eigenvalue weighted by Crippen LogP contribution is 2.26. The number of carbonyl (C=O) groups is 1. The highest BCUT2D eigenvalue weighted by Gasteiger charge is 2.15. The lowest BCUT2D eigenvalue weighted by molar-refractivity contribution is 0.102. The van der Waals surface area contributed by atoms with Gasteiger partial charge in [0, 0.05) is 48.0 Å². The molecular formula is C23H24N4O3. The van der Waals surface area contributed by atoms with Gasteiger partial charge in [-0.05, 0) is 48.9 Å². The van der Waals surface area contributed by atoms with Crippen LogP contribution in [0.1, 0.15) is 15.9 Å². The molecule has 0 aliphatic carbocycles. The van der Waals surface area contributed by atoms with Crippen LogP contribution in [0.3, 0.4) is 0 Å². The fraction of sp³-hybridized carbons (Fsp3) is 0.217. The summed E-state index contributed by atoms with van der Waals surface area (Å²) in [6, 6.07) is 16.1. The summed E-state index contributed by atoms with van der Waals surface area (Å²) >= 11 is 0. The Bertz CT molecular complexity index is 1050. The minimum Gasteiger partial charge on any atom is -0.508 e. The zero-order valence-corrected chi connectivity index (χ0v) is 16.8. The zero-order chi connectivity index (χ0) is 20.9. The van der Waals surface area contributed by atoms with Gasteiger partial charge >= 0.3 is 0 Å². The fourth-order valence-electron chi connectivity index (χ4n) is 3.30. The maximum Gasteiger partial charge on any atom is 0.255 e. The standard InChI is InChI=1S/C23H24N4O3/c1-16-5-6-19(15-21(16)25-18-3-2-4-20(28)14-18)26-23(29)17-7-8-24-22(13-17)27-9-11-30-12-10-27/h2-8,13-15,25,28H,9-12H2,1H3,(H,26,29). The summed E-state index contributed by atoms with van der Waals surface area (Å²) in [5.74, 6) is 0.774. The molecule has 0 atom stereocenters. The molecule has 0 bridgehead atoms. The third kappa shape index (κ3) is 4.69. The lowest BCUT2D eigenvalue weighted by Gasteiger charge is -2.27. The average molecular weight is 404 g/mol. The average Bonchev–Trinajstić information content (AvgIpc) is 2.77. The van der Waals surface area contributed by atoms with Crippen molar-refractivity contribution in [3.8, 4) is 5.75 Å². The number of aromatic hydroxyl groups is 1. The Morgan fingerprint density at radius 1 is 1.07 bits per heavy atom. The summed E-state index contributed by atoms with van der Waals surface area (Å²) in [4.78, 5) is 19.3. The van der Waals surface area contributed by atoms with E-state index in [9.17, 15) is 9.90 Å². The van der Waals surface area contributed by atoms with Gasteiger partial charge < -0.3 is 25.4 Å². The van der Waals surface area contributed by atoms with Gasteiger partial charge in [-0.15, -0.1) is 0 Å².